The fourth-order valence-electron chi connectivity index (χ4n) is 2.57. The summed E-state index contributed by atoms with van der Waals surface area (Å²) in [5.41, 5.74) is 0. The van der Waals surface area contributed by atoms with Crippen molar-refractivity contribution in [2.24, 2.45) is 5.92 Å². The van der Waals surface area contributed by atoms with E-state index in [1.54, 1.807) is 0 Å². The molecular weight excluding hydrogens is 260 g/mol. The highest BCUT2D eigenvalue weighted by Gasteiger charge is 2.15. The van der Waals surface area contributed by atoms with E-state index in [9.17, 15) is 4.79 Å². The van der Waals surface area contributed by atoms with Crippen molar-refractivity contribution in [2.75, 3.05) is 0 Å². The van der Waals surface area contributed by atoms with Crippen LogP contribution in [0.1, 0.15) is 84.0 Å². The molecule has 0 fully saturated rings. The van der Waals surface area contributed by atoms with Crippen molar-refractivity contribution < 1.29 is 9.90 Å². The zero-order valence-electron chi connectivity index (χ0n) is 13.9. The Bertz CT molecular complexity index is 281. The quantitative estimate of drug-likeness (QED) is 0.291. The number of unbranched alkanes of at least 4 members (excludes halogenated alkanes) is 8. The molecule has 0 saturated heterocycles. The van der Waals surface area contributed by atoms with E-state index < -0.39 is 5.97 Å². The van der Waals surface area contributed by atoms with Gasteiger partial charge in [0.05, 0.1) is 5.92 Å². The molecule has 0 aliphatic rings. The third kappa shape index (κ3) is 13.7. The molecule has 0 aliphatic carbocycles. The molecule has 0 aromatic rings. The molecule has 2 nitrogen and oxygen atoms in total. The molecule has 0 radical (unpaired) electrons. The van der Waals surface area contributed by atoms with Crippen LogP contribution < -0.4 is 0 Å². The van der Waals surface area contributed by atoms with Crippen molar-refractivity contribution >= 4 is 5.97 Å². The first-order valence-electron chi connectivity index (χ1n) is 8.72. The zero-order valence-corrected chi connectivity index (χ0v) is 13.9. The summed E-state index contributed by atoms with van der Waals surface area (Å²) in [6, 6.07) is 0. The standard InChI is InChI=1S/C19H34O2/c1-3-5-7-8-9-10-11-12-13-14-15-17-18(19(20)21)16-6-4-2/h3,5,7,18H,1,4,6,8-17H2,2H3,(H,20,21). The Morgan fingerprint density at radius 2 is 1.57 bits per heavy atom. The smallest absolute Gasteiger partial charge is 0.306 e. The lowest BCUT2D eigenvalue weighted by Gasteiger charge is -2.11. The summed E-state index contributed by atoms with van der Waals surface area (Å²) in [5.74, 6) is -0.711. The van der Waals surface area contributed by atoms with Crippen LogP contribution in [0.15, 0.2) is 24.8 Å². The molecule has 1 N–H and O–H groups in total. The number of hydrogen-bond acceptors (Lipinski definition) is 1. The van der Waals surface area contributed by atoms with Crippen molar-refractivity contribution in [1.29, 1.82) is 0 Å². The third-order valence-electron chi connectivity index (χ3n) is 3.95. The van der Waals surface area contributed by atoms with Gasteiger partial charge >= 0.3 is 5.97 Å². The molecule has 2 heteroatoms. The maximum absolute atomic E-state index is 11.1. The van der Waals surface area contributed by atoms with Gasteiger partial charge in [-0.2, -0.15) is 0 Å². The number of carbonyl (C=O) groups is 1. The molecule has 21 heavy (non-hydrogen) atoms. The van der Waals surface area contributed by atoms with E-state index in [1.807, 2.05) is 12.2 Å². The molecule has 122 valence electrons. The Kier molecular flexibility index (Phi) is 14.6. The van der Waals surface area contributed by atoms with Gasteiger partial charge in [-0.3, -0.25) is 4.79 Å². The maximum atomic E-state index is 11.1. The van der Waals surface area contributed by atoms with Gasteiger partial charge < -0.3 is 5.11 Å². The predicted molar refractivity (Wildman–Crippen MR) is 91.5 cm³/mol. The normalized spacial score (nSPS) is 12.6. The molecule has 0 aromatic carbocycles. The van der Waals surface area contributed by atoms with Crippen LogP contribution in [0.2, 0.25) is 0 Å². The largest absolute Gasteiger partial charge is 0.481 e. The molecule has 0 bridgehead atoms. The minimum absolute atomic E-state index is 0.110. The lowest BCUT2D eigenvalue weighted by Crippen LogP contribution is -2.13. The molecule has 0 aromatic heterocycles. The Hall–Kier alpha value is -1.05. The van der Waals surface area contributed by atoms with Gasteiger partial charge in [-0.05, 0) is 25.7 Å². The first kappa shape index (κ1) is 19.9. The van der Waals surface area contributed by atoms with Crippen LogP contribution in [-0.2, 0) is 4.79 Å². The number of carboxylic acids is 1. The molecule has 1 atom stereocenters. The topological polar surface area (TPSA) is 37.3 Å². The van der Waals surface area contributed by atoms with Crippen LogP contribution in [0.3, 0.4) is 0 Å². The monoisotopic (exact) mass is 294 g/mol. The van der Waals surface area contributed by atoms with E-state index in [-0.39, 0.29) is 5.92 Å². The molecule has 0 heterocycles. The van der Waals surface area contributed by atoms with Crippen LogP contribution >= 0.6 is 0 Å². The average Bonchev–Trinajstić information content (AvgIpc) is 2.47. The third-order valence-corrected chi connectivity index (χ3v) is 3.95. The summed E-state index contributed by atoms with van der Waals surface area (Å²) in [6.07, 6.45) is 19.7. The molecule has 1 unspecified atom stereocenters. The van der Waals surface area contributed by atoms with Crippen LogP contribution in [0.25, 0.3) is 0 Å². The van der Waals surface area contributed by atoms with Gasteiger partial charge in [-0.15, -0.1) is 0 Å². The first-order valence-corrected chi connectivity index (χ1v) is 8.72. The molecule has 0 rings (SSSR count). The summed E-state index contributed by atoms with van der Waals surface area (Å²) < 4.78 is 0. The minimum atomic E-state index is -0.601. The Morgan fingerprint density at radius 1 is 1.00 bits per heavy atom. The van der Waals surface area contributed by atoms with E-state index >= 15 is 0 Å². The van der Waals surface area contributed by atoms with E-state index in [0.717, 1.165) is 38.5 Å². The lowest BCUT2D eigenvalue weighted by atomic mass is 9.95. The molecule has 0 spiro atoms. The number of hydrogen-bond donors (Lipinski definition) is 1. The predicted octanol–water partition coefficient (Wildman–Crippen LogP) is 6.13. The van der Waals surface area contributed by atoms with E-state index in [2.05, 4.69) is 19.6 Å². The summed E-state index contributed by atoms with van der Waals surface area (Å²) in [4.78, 5) is 11.1. The van der Waals surface area contributed by atoms with Gasteiger partial charge in [0.15, 0.2) is 0 Å². The zero-order chi connectivity index (χ0) is 15.8. The van der Waals surface area contributed by atoms with Gasteiger partial charge in [0, 0.05) is 0 Å². The number of aliphatic carboxylic acids is 1. The van der Waals surface area contributed by atoms with Crippen molar-refractivity contribution in [1.82, 2.24) is 0 Å². The van der Waals surface area contributed by atoms with Gasteiger partial charge in [-0.1, -0.05) is 83.1 Å². The fraction of sp³-hybridized carbons (Fsp3) is 0.737. The Labute approximate surface area is 131 Å². The first-order chi connectivity index (χ1) is 10.2. The number of allylic oxidation sites excluding steroid dienone is 3. The van der Waals surface area contributed by atoms with Crippen molar-refractivity contribution in [2.45, 2.75) is 84.0 Å². The number of carboxylic acid groups (broad SMARTS) is 1. The van der Waals surface area contributed by atoms with Gasteiger partial charge in [0.2, 0.25) is 0 Å². The highest BCUT2D eigenvalue weighted by molar-refractivity contribution is 5.69. The Balaban J connectivity index is 3.39. The summed E-state index contributed by atoms with van der Waals surface area (Å²) in [7, 11) is 0. The summed E-state index contributed by atoms with van der Waals surface area (Å²) >= 11 is 0. The van der Waals surface area contributed by atoms with Crippen molar-refractivity contribution in [3.63, 3.8) is 0 Å². The SMILES string of the molecule is C=CC=CCCCCCCCCCC(CCCC)C(=O)O. The molecular formula is C19H34O2. The summed E-state index contributed by atoms with van der Waals surface area (Å²) in [6.45, 7) is 5.77. The maximum Gasteiger partial charge on any atom is 0.306 e. The van der Waals surface area contributed by atoms with Crippen LogP contribution in [0.4, 0.5) is 0 Å². The van der Waals surface area contributed by atoms with E-state index in [1.165, 1.54) is 38.5 Å². The second-order valence-corrected chi connectivity index (χ2v) is 5.89. The lowest BCUT2D eigenvalue weighted by molar-refractivity contribution is -0.142. The fourth-order valence-corrected chi connectivity index (χ4v) is 2.57. The van der Waals surface area contributed by atoms with Gasteiger partial charge in [-0.25, -0.2) is 0 Å². The van der Waals surface area contributed by atoms with E-state index in [4.69, 9.17) is 5.11 Å². The van der Waals surface area contributed by atoms with Crippen LogP contribution in [0, 0.1) is 5.92 Å². The van der Waals surface area contributed by atoms with Gasteiger partial charge in [0.25, 0.3) is 0 Å². The minimum Gasteiger partial charge on any atom is -0.481 e. The molecule has 0 amide bonds. The average molecular weight is 294 g/mol. The van der Waals surface area contributed by atoms with Crippen molar-refractivity contribution in [3.05, 3.63) is 24.8 Å². The van der Waals surface area contributed by atoms with Crippen LogP contribution in [0.5, 0.6) is 0 Å². The summed E-state index contributed by atoms with van der Waals surface area (Å²) in [5, 5.41) is 9.15. The molecule has 0 saturated carbocycles. The highest BCUT2D eigenvalue weighted by Crippen LogP contribution is 2.18. The van der Waals surface area contributed by atoms with Gasteiger partial charge in [0.1, 0.15) is 0 Å². The number of rotatable bonds is 15. The second-order valence-electron chi connectivity index (χ2n) is 5.89. The van der Waals surface area contributed by atoms with Crippen molar-refractivity contribution in [3.8, 4) is 0 Å². The second kappa shape index (κ2) is 15.3. The highest BCUT2D eigenvalue weighted by atomic mass is 16.4. The van der Waals surface area contributed by atoms with E-state index in [0.29, 0.717) is 0 Å². The van der Waals surface area contributed by atoms with Crippen LogP contribution in [-0.4, -0.2) is 11.1 Å². The Morgan fingerprint density at radius 3 is 2.14 bits per heavy atom. The molecule has 0 aliphatic heterocycles.